The van der Waals surface area contributed by atoms with Crippen molar-refractivity contribution in [2.24, 2.45) is 0 Å². The van der Waals surface area contributed by atoms with E-state index in [4.69, 9.17) is 5.39 Å². The van der Waals surface area contributed by atoms with E-state index in [1.165, 1.54) is 4.70 Å². The van der Waals surface area contributed by atoms with Gasteiger partial charge in [0.15, 0.2) is 4.98 Å². The summed E-state index contributed by atoms with van der Waals surface area (Å²) in [4.78, 5) is 3.33. The zero-order chi connectivity index (χ0) is 10.3. The average Bonchev–Trinajstić information content (AvgIpc) is 2.67. The van der Waals surface area contributed by atoms with E-state index in [9.17, 15) is 0 Å². The molecule has 0 amide bonds. The first-order chi connectivity index (χ1) is 7.40. The Balaban J connectivity index is 2.64. The zero-order valence-electron chi connectivity index (χ0n) is 7.84. The maximum absolute atomic E-state index is 8.94. The van der Waals surface area contributed by atoms with Gasteiger partial charge < -0.3 is 0 Å². The summed E-state index contributed by atoms with van der Waals surface area (Å²) in [5.74, 6) is 0. The number of diazo groups is 1. The molecule has 0 spiro atoms. The first-order valence-electron chi connectivity index (χ1n) is 4.65. The van der Waals surface area contributed by atoms with Crippen LogP contribution in [0.4, 0.5) is 5.69 Å². The zero-order valence-corrected chi connectivity index (χ0v) is 8.66. The van der Waals surface area contributed by atoms with E-state index in [2.05, 4.69) is 23.2 Å². The van der Waals surface area contributed by atoms with Crippen LogP contribution in [0.3, 0.4) is 0 Å². The van der Waals surface area contributed by atoms with Crippen molar-refractivity contribution in [1.82, 2.24) is 0 Å². The lowest BCUT2D eigenvalue weighted by molar-refractivity contribution is 1.47. The Morgan fingerprint density at radius 3 is 2.60 bits per heavy atom. The van der Waals surface area contributed by atoms with Gasteiger partial charge in [-0.05, 0) is 12.1 Å². The molecule has 0 fully saturated rings. The first-order valence-corrected chi connectivity index (χ1v) is 5.47. The van der Waals surface area contributed by atoms with Crippen molar-refractivity contribution in [2.75, 3.05) is 0 Å². The van der Waals surface area contributed by atoms with Crippen molar-refractivity contribution in [2.45, 2.75) is 0 Å². The molecule has 1 aromatic heterocycles. The van der Waals surface area contributed by atoms with E-state index in [1.54, 1.807) is 11.3 Å². The normalized spacial score (nSPS) is 10.6. The van der Waals surface area contributed by atoms with Crippen LogP contribution >= 0.6 is 11.3 Å². The second-order valence-electron chi connectivity index (χ2n) is 3.35. The van der Waals surface area contributed by atoms with Crippen molar-refractivity contribution in [3.63, 3.8) is 0 Å². The molecule has 2 aromatic carbocycles. The fraction of sp³-hybridized carbons (Fsp3) is 0. The van der Waals surface area contributed by atoms with E-state index in [-0.39, 0.29) is 0 Å². The summed E-state index contributed by atoms with van der Waals surface area (Å²) >= 11 is 1.72. The van der Waals surface area contributed by atoms with E-state index in [1.807, 2.05) is 24.3 Å². The summed E-state index contributed by atoms with van der Waals surface area (Å²) in [7, 11) is 0. The molecular weight excluding hydrogens is 204 g/mol. The lowest BCUT2D eigenvalue weighted by Crippen LogP contribution is -1.66. The van der Waals surface area contributed by atoms with Gasteiger partial charge in [0, 0.05) is 20.9 Å². The smallest absolute Gasteiger partial charge is 0.135 e. The minimum atomic E-state index is 0.643. The highest BCUT2D eigenvalue weighted by molar-refractivity contribution is 7.25. The largest absolute Gasteiger partial charge is 0.394 e. The van der Waals surface area contributed by atoms with Crippen LogP contribution in [0.1, 0.15) is 0 Å². The van der Waals surface area contributed by atoms with E-state index >= 15 is 0 Å². The van der Waals surface area contributed by atoms with Crippen LogP contribution in [0.25, 0.3) is 25.1 Å². The van der Waals surface area contributed by atoms with Crippen molar-refractivity contribution in [1.29, 1.82) is 5.39 Å². The fourth-order valence-corrected chi connectivity index (χ4v) is 2.97. The van der Waals surface area contributed by atoms with Crippen molar-refractivity contribution < 1.29 is 0 Å². The van der Waals surface area contributed by atoms with Gasteiger partial charge in [0.25, 0.3) is 0 Å². The maximum Gasteiger partial charge on any atom is 0.394 e. The molecule has 0 radical (unpaired) electrons. The summed E-state index contributed by atoms with van der Waals surface area (Å²) in [6.45, 7) is 0. The molecule has 0 atom stereocenters. The Morgan fingerprint density at radius 1 is 0.933 bits per heavy atom. The molecule has 0 N–H and O–H groups in total. The average molecular weight is 211 g/mol. The van der Waals surface area contributed by atoms with Crippen LogP contribution < -0.4 is 0 Å². The van der Waals surface area contributed by atoms with Crippen LogP contribution in [0.15, 0.2) is 42.5 Å². The molecule has 1 heterocycles. The molecule has 0 bridgehead atoms. The third-order valence-electron chi connectivity index (χ3n) is 2.49. The second-order valence-corrected chi connectivity index (χ2v) is 4.43. The highest BCUT2D eigenvalue weighted by Crippen LogP contribution is 2.38. The summed E-state index contributed by atoms with van der Waals surface area (Å²) in [6.07, 6.45) is 0. The number of nitrogens with zero attached hydrogens (tertiary/aromatic N) is 2. The highest BCUT2D eigenvalue weighted by Gasteiger charge is 2.15. The van der Waals surface area contributed by atoms with Crippen molar-refractivity contribution in [3.8, 4) is 0 Å². The van der Waals surface area contributed by atoms with Gasteiger partial charge in [-0.1, -0.05) is 24.3 Å². The van der Waals surface area contributed by atoms with Crippen LogP contribution in [-0.2, 0) is 0 Å². The van der Waals surface area contributed by atoms with Gasteiger partial charge in [-0.25, -0.2) is 0 Å². The molecular formula is C12H7N2S+. The van der Waals surface area contributed by atoms with Gasteiger partial charge in [-0.3, -0.25) is 0 Å². The predicted octanol–water partition coefficient (Wildman–Crippen LogP) is 4.54. The van der Waals surface area contributed by atoms with Crippen LogP contribution in [0, 0.1) is 5.39 Å². The van der Waals surface area contributed by atoms with Gasteiger partial charge in [0.2, 0.25) is 5.39 Å². The Labute approximate surface area is 90.4 Å². The molecule has 0 saturated carbocycles. The summed E-state index contributed by atoms with van der Waals surface area (Å²) < 4.78 is 2.38. The molecule has 3 rings (SSSR count). The van der Waals surface area contributed by atoms with Gasteiger partial charge >= 0.3 is 5.69 Å². The molecule has 0 saturated heterocycles. The second kappa shape index (κ2) is 3.04. The van der Waals surface area contributed by atoms with Crippen LogP contribution in [0.5, 0.6) is 0 Å². The summed E-state index contributed by atoms with van der Waals surface area (Å²) in [6, 6.07) is 13.9. The predicted molar refractivity (Wildman–Crippen MR) is 64.1 cm³/mol. The Bertz CT molecular complexity index is 691. The molecule has 2 nitrogen and oxygen atoms in total. The third-order valence-corrected chi connectivity index (χ3v) is 3.62. The number of thiophene rings is 1. The summed E-state index contributed by atoms with van der Waals surface area (Å²) in [5.41, 5.74) is 0.643. The molecule has 0 unspecified atom stereocenters. The minimum absolute atomic E-state index is 0.643. The maximum atomic E-state index is 8.94. The van der Waals surface area contributed by atoms with Crippen LogP contribution in [0.2, 0.25) is 0 Å². The van der Waals surface area contributed by atoms with Crippen molar-refractivity contribution in [3.05, 3.63) is 47.4 Å². The first kappa shape index (κ1) is 8.39. The van der Waals surface area contributed by atoms with Gasteiger partial charge in [0.1, 0.15) is 0 Å². The Hall–Kier alpha value is -1.92. The highest BCUT2D eigenvalue weighted by atomic mass is 32.1. The van der Waals surface area contributed by atoms with Gasteiger partial charge in [-0.2, -0.15) is 0 Å². The molecule has 0 aliphatic heterocycles. The number of hydrogen-bond acceptors (Lipinski definition) is 2. The molecule has 3 aromatic rings. The standard InChI is InChI=1S/C12H7N2S/c13-14-9-5-3-7-11-12(9)8-4-1-2-6-10(8)15-11/h1-7H/q+1. The molecule has 70 valence electrons. The molecule has 3 heteroatoms. The third kappa shape index (κ3) is 1.12. The lowest BCUT2D eigenvalue weighted by atomic mass is 10.1. The van der Waals surface area contributed by atoms with Gasteiger partial charge in [0.05, 0.1) is 5.39 Å². The molecule has 0 aliphatic rings. The Morgan fingerprint density at radius 2 is 1.73 bits per heavy atom. The van der Waals surface area contributed by atoms with E-state index < -0.39 is 0 Å². The lowest BCUT2D eigenvalue weighted by Gasteiger charge is -1.86. The number of benzene rings is 2. The van der Waals surface area contributed by atoms with E-state index in [0.717, 1.165) is 15.5 Å². The molecule has 15 heavy (non-hydrogen) atoms. The van der Waals surface area contributed by atoms with Gasteiger partial charge in [-0.15, -0.1) is 11.3 Å². The number of rotatable bonds is 0. The SMILES string of the molecule is N#[N+]c1cccc2sc3ccccc3c12. The fourth-order valence-electron chi connectivity index (χ4n) is 1.84. The minimum Gasteiger partial charge on any atom is -0.135 e. The topological polar surface area (TPSA) is 28.1 Å². The molecule has 0 aliphatic carbocycles. The monoisotopic (exact) mass is 211 g/mol. The summed E-state index contributed by atoms with van der Waals surface area (Å²) in [5, 5.41) is 11.1. The number of hydrogen-bond donors (Lipinski definition) is 0. The van der Waals surface area contributed by atoms with E-state index in [0.29, 0.717) is 5.69 Å². The van der Waals surface area contributed by atoms with Crippen molar-refractivity contribution >= 4 is 37.2 Å². The van der Waals surface area contributed by atoms with Crippen LogP contribution in [-0.4, -0.2) is 0 Å². The Kier molecular flexibility index (Phi) is 1.70. The number of fused-ring (bicyclic) bond motifs is 3. The quantitative estimate of drug-likeness (QED) is 0.502.